The first-order valence-electron chi connectivity index (χ1n) is 8.35. The number of halogens is 1. The van der Waals surface area contributed by atoms with Crippen LogP contribution in [-0.4, -0.2) is 26.4 Å². The minimum absolute atomic E-state index is 0.0102. The normalized spacial score (nSPS) is 16.8. The average molecular weight is 350 g/mol. The molecule has 0 unspecified atom stereocenters. The number of benzene rings is 2. The van der Waals surface area contributed by atoms with Gasteiger partial charge in [0.2, 0.25) is 0 Å². The highest BCUT2D eigenvalue weighted by molar-refractivity contribution is 6.31. The molecule has 132 valence electrons. The Hall–Kier alpha value is -3.15. The van der Waals surface area contributed by atoms with Gasteiger partial charge in [-0.05, 0) is 50.6 Å². The second kappa shape index (κ2) is 5.42. The Kier molecular flexibility index (Phi) is 3.41. The Morgan fingerprint density at radius 1 is 1.19 bits per heavy atom. The molecule has 0 saturated carbocycles. The first kappa shape index (κ1) is 16.3. The standard InChI is InChI=1S/C20H19FN4O/c1-11-8-9-12(21)15(10-11)25-18(22)16(17(26)20(25,2)3)19-23-13-6-4-5-7-14(13)24-19/h4-10,22,26H,1-3H3,(H,23,24). The zero-order valence-electron chi connectivity index (χ0n) is 14.8. The Morgan fingerprint density at radius 2 is 1.92 bits per heavy atom. The molecule has 1 aliphatic rings. The van der Waals surface area contributed by atoms with Crippen molar-refractivity contribution < 1.29 is 9.50 Å². The van der Waals surface area contributed by atoms with Crippen LogP contribution in [0.25, 0.3) is 16.6 Å². The number of nitrogens with zero attached hydrogens (tertiary/aromatic N) is 2. The van der Waals surface area contributed by atoms with Crippen LogP contribution >= 0.6 is 0 Å². The average Bonchev–Trinajstić information content (AvgIpc) is 3.07. The molecule has 0 amide bonds. The minimum atomic E-state index is -0.972. The van der Waals surface area contributed by atoms with E-state index in [0.29, 0.717) is 5.82 Å². The molecule has 0 aliphatic carbocycles. The number of para-hydroxylation sites is 2. The molecule has 0 fully saturated rings. The van der Waals surface area contributed by atoms with Gasteiger partial charge in [0.05, 0.1) is 27.8 Å². The van der Waals surface area contributed by atoms with Crippen LogP contribution < -0.4 is 4.90 Å². The lowest BCUT2D eigenvalue weighted by atomic mass is 10.0. The highest BCUT2D eigenvalue weighted by Crippen LogP contribution is 2.42. The minimum Gasteiger partial charge on any atom is -0.509 e. The van der Waals surface area contributed by atoms with E-state index in [1.165, 1.54) is 11.0 Å². The molecule has 1 aromatic heterocycles. The molecule has 5 nitrogen and oxygen atoms in total. The van der Waals surface area contributed by atoms with Crippen LogP contribution in [0.15, 0.2) is 48.2 Å². The molecule has 2 heterocycles. The summed E-state index contributed by atoms with van der Waals surface area (Å²) in [5.74, 6) is -0.0389. The van der Waals surface area contributed by atoms with Gasteiger partial charge in [-0.15, -0.1) is 0 Å². The van der Waals surface area contributed by atoms with E-state index in [0.717, 1.165) is 16.6 Å². The number of hydrogen-bond donors (Lipinski definition) is 3. The number of anilines is 1. The third-order valence-electron chi connectivity index (χ3n) is 4.80. The summed E-state index contributed by atoms with van der Waals surface area (Å²) in [5.41, 5.74) is 2.01. The number of aliphatic hydroxyl groups is 1. The third-order valence-corrected chi connectivity index (χ3v) is 4.80. The first-order chi connectivity index (χ1) is 12.3. The number of aryl methyl sites for hydroxylation is 1. The van der Waals surface area contributed by atoms with E-state index in [2.05, 4.69) is 9.97 Å². The van der Waals surface area contributed by atoms with Crippen LogP contribution in [0, 0.1) is 18.2 Å². The summed E-state index contributed by atoms with van der Waals surface area (Å²) in [5, 5.41) is 19.5. The molecule has 4 rings (SSSR count). The fourth-order valence-electron chi connectivity index (χ4n) is 3.43. The highest BCUT2D eigenvalue weighted by atomic mass is 19.1. The number of rotatable bonds is 2. The number of amidine groups is 1. The van der Waals surface area contributed by atoms with Crippen LogP contribution in [0.2, 0.25) is 0 Å². The number of fused-ring (bicyclic) bond motifs is 1. The maximum Gasteiger partial charge on any atom is 0.146 e. The molecule has 3 N–H and O–H groups in total. The van der Waals surface area contributed by atoms with E-state index in [-0.39, 0.29) is 22.9 Å². The summed E-state index contributed by atoms with van der Waals surface area (Å²) in [6, 6.07) is 12.2. The van der Waals surface area contributed by atoms with Crippen molar-refractivity contribution in [3.05, 3.63) is 65.4 Å². The van der Waals surface area contributed by atoms with Crippen molar-refractivity contribution in [3.8, 4) is 0 Å². The van der Waals surface area contributed by atoms with Crippen molar-refractivity contribution in [2.45, 2.75) is 26.3 Å². The molecule has 6 heteroatoms. The zero-order valence-corrected chi connectivity index (χ0v) is 14.8. The van der Waals surface area contributed by atoms with Crippen molar-refractivity contribution in [1.82, 2.24) is 9.97 Å². The molecule has 0 atom stereocenters. The SMILES string of the molecule is Cc1ccc(F)c(N2C(=N)C(c3nc4ccccc4[nH]3)=C(O)C2(C)C)c1. The summed E-state index contributed by atoms with van der Waals surface area (Å²) in [6.45, 7) is 5.38. The van der Waals surface area contributed by atoms with Crippen molar-refractivity contribution in [1.29, 1.82) is 5.41 Å². The van der Waals surface area contributed by atoms with Gasteiger partial charge in [-0.25, -0.2) is 9.37 Å². The lowest BCUT2D eigenvalue weighted by Gasteiger charge is -2.33. The molecular weight excluding hydrogens is 331 g/mol. The lowest BCUT2D eigenvalue weighted by Crippen LogP contribution is -2.44. The summed E-state index contributed by atoms with van der Waals surface area (Å²) in [4.78, 5) is 9.15. The number of nitrogens with one attached hydrogen (secondary N) is 2. The van der Waals surface area contributed by atoms with E-state index in [1.54, 1.807) is 26.0 Å². The lowest BCUT2D eigenvalue weighted by molar-refractivity contribution is 0.333. The Bertz CT molecular complexity index is 1050. The molecular formula is C20H19FN4O. The molecule has 0 bridgehead atoms. The maximum atomic E-state index is 14.5. The van der Waals surface area contributed by atoms with Crippen LogP contribution in [-0.2, 0) is 0 Å². The summed E-state index contributed by atoms with van der Waals surface area (Å²) in [6.07, 6.45) is 0. The number of hydrogen-bond acceptors (Lipinski definition) is 3. The number of imidazole rings is 1. The van der Waals surface area contributed by atoms with Crippen LogP contribution in [0.4, 0.5) is 10.1 Å². The van der Waals surface area contributed by atoms with Gasteiger partial charge in [0.1, 0.15) is 23.2 Å². The maximum absolute atomic E-state index is 14.5. The Labute approximate surface area is 150 Å². The van der Waals surface area contributed by atoms with Gasteiger partial charge >= 0.3 is 0 Å². The highest BCUT2D eigenvalue weighted by Gasteiger charge is 2.46. The van der Waals surface area contributed by atoms with E-state index in [9.17, 15) is 9.50 Å². The molecule has 3 aromatic rings. The topological polar surface area (TPSA) is 76.0 Å². The van der Waals surface area contributed by atoms with Crippen LogP contribution in [0.1, 0.15) is 25.2 Å². The predicted octanol–water partition coefficient (Wildman–Crippen LogP) is 4.56. The summed E-state index contributed by atoms with van der Waals surface area (Å²) < 4.78 is 14.5. The molecule has 0 radical (unpaired) electrons. The van der Waals surface area contributed by atoms with Gasteiger partial charge < -0.3 is 15.0 Å². The Morgan fingerprint density at radius 3 is 2.65 bits per heavy atom. The monoisotopic (exact) mass is 350 g/mol. The molecule has 26 heavy (non-hydrogen) atoms. The second-order valence-corrected chi connectivity index (χ2v) is 7.02. The predicted molar refractivity (Wildman–Crippen MR) is 101 cm³/mol. The van der Waals surface area contributed by atoms with Gasteiger partial charge in [0, 0.05) is 0 Å². The first-order valence-corrected chi connectivity index (χ1v) is 8.35. The molecule has 2 aromatic carbocycles. The quantitative estimate of drug-likeness (QED) is 0.634. The number of aliphatic hydroxyl groups excluding tert-OH is 1. The van der Waals surface area contributed by atoms with Crippen molar-refractivity contribution in [2.75, 3.05) is 4.90 Å². The molecule has 0 spiro atoms. The zero-order chi connectivity index (χ0) is 18.6. The third kappa shape index (κ3) is 2.22. The fraction of sp³-hybridized carbons (Fsp3) is 0.200. The van der Waals surface area contributed by atoms with E-state index < -0.39 is 11.4 Å². The summed E-state index contributed by atoms with van der Waals surface area (Å²) >= 11 is 0. The van der Waals surface area contributed by atoms with Crippen LogP contribution in [0.3, 0.4) is 0 Å². The van der Waals surface area contributed by atoms with Crippen molar-refractivity contribution in [3.63, 3.8) is 0 Å². The van der Waals surface area contributed by atoms with Gasteiger partial charge in [0.15, 0.2) is 0 Å². The van der Waals surface area contributed by atoms with Gasteiger partial charge in [0.25, 0.3) is 0 Å². The largest absolute Gasteiger partial charge is 0.509 e. The van der Waals surface area contributed by atoms with Crippen molar-refractivity contribution in [2.24, 2.45) is 0 Å². The Balaban J connectivity index is 1.88. The van der Waals surface area contributed by atoms with Gasteiger partial charge in [-0.3, -0.25) is 5.41 Å². The van der Waals surface area contributed by atoms with E-state index >= 15 is 0 Å². The molecule has 1 aliphatic heterocycles. The van der Waals surface area contributed by atoms with E-state index in [4.69, 9.17) is 5.41 Å². The number of aromatic amines is 1. The number of aromatic nitrogens is 2. The van der Waals surface area contributed by atoms with Gasteiger partial charge in [-0.1, -0.05) is 18.2 Å². The van der Waals surface area contributed by atoms with Crippen molar-refractivity contribution >= 4 is 28.1 Å². The van der Waals surface area contributed by atoms with Gasteiger partial charge in [-0.2, -0.15) is 0 Å². The smallest absolute Gasteiger partial charge is 0.146 e. The van der Waals surface area contributed by atoms with Crippen LogP contribution in [0.5, 0.6) is 0 Å². The fourth-order valence-corrected chi connectivity index (χ4v) is 3.43. The van der Waals surface area contributed by atoms with E-state index in [1.807, 2.05) is 31.2 Å². The number of H-pyrrole nitrogens is 1. The molecule has 0 saturated heterocycles. The second-order valence-electron chi connectivity index (χ2n) is 7.02. The summed E-state index contributed by atoms with van der Waals surface area (Å²) in [7, 11) is 0.